The molecule has 8 N–H and O–H groups in total. The van der Waals surface area contributed by atoms with Gasteiger partial charge in [0, 0.05) is 5.75 Å². The number of hydrogen-bond donors (Lipinski definition) is 7. The molecule has 0 bridgehead atoms. The van der Waals surface area contributed by atoms with Crippen molar-refractivity contribution in [2.45, 2.75) is 84.0 Å². The summed E-state index contributed by atoms with van der Waals surface area (Å²) in [5, 5.41) is 17.0. The minimum absolute atomic E-state index is 0.0895. The van der Waals surface area contributed by atoms with Crippen molar-refractivity contribution in [3.8, 4) is 0 Å². The van der Waals surface area contributed by atoms with Crippen LogP contribution in [0.2, 0.25) is 0 Å². The Balaban J connectivity index is 5.46. The standard InChI is InChI=1S/C21H41N5O5S/c1-5-13(4)17(20(29)25-16(11-32)21(30)31)26-19(28)15(8-6-7-9-22)24-18(27)14(23)10-12(2)3/h12-17,32H,5-11,22-23H2,1-4H3,(H,24,27)(H,25,29)(H,26,28)(H,30,31). The van der Waals surface area contributed by atoms with Crippen LogP contribution < -0.4 is 27.4 Å². The van der Waals surface area contributed by atoms with Gasteiger partial charge in [-0.05, 0) is 44.1 Å². The molecule has 0 aromatic rings. The second kappa shape index (κ2) is 15.9. The molecule has 0 fully saturated rings. The monoisotopic (exact) mass is 475 g/mol. The van der Waals surface area contributed by atoms with E-state index in [1.165, 1.54) is 0 Å². The Morgan fingerprint density at radius 2 is 1.53 bits per heavy atom. The maximum atomic E-state index is 13.0. The van der Waals surface area contributed by atoms with Gasteiger partial charge >= 0.3 is 5.97 Å². The zero-order chi connectivity index (χ0) is 24.8. The lowest BCUT2D eigenvalue weighted by Gasteiger charge is -2.28. The Morgan fingerprint density at radius 1 is 0.938 bits per heavy atom. The summed E-state index contributed by atoms with van der Waals surface area (Å²) in [5.41, 5.74) is 11.5. The van der Waals surface area contributed by atoms with Crippen molar-refractivity contribution in [1.29, 1.82) is 0 Å². The number of carboxylic acid groups (broad SMARTS) is 1. The van der Waals surface area contributed by atoms with Gasteiger partial charge in [0.25, 0.3) is 0 Å². The van der Waals surface area contributed by atoms with Crippen molar-refractivity contribution < 1.29 is 24.3 Å². The molecule has 0 aliphatic heterocycles. The maximum Gasteiger partial charge on any atom is 0.327 e. The number of carbonyl (C=O) groups is 4. The van der Waals surface area contributed by atoms with E-state index in [0.29, 0.717) is 38.6 Å². The van der Waals surface area contributed by atoms with Crippen LogP contribution >= 0.6 is 12.6 Å². The van der Waals surface area contributed by atoms with E-state index in [4.69, 9.17) is 11.5 Å². The molecule has 0 aromatic carbocycles. The van der Waals surface area contributed by atoms with Gasteiger partial charge in [0.1, 0.15) is 18.1 Å². The summed E-state index contributed by atoms with van der Waals surface area (Å²) in [7, 11) is 0. The molecule has 0 heterocycles. The highest BCUT2D eigenvalue weighted by molar-refractivity contribution is 7.80. The molecular formula is C21H41N5O5S. The summed E-state index contributed by atoms with van der Waals surface area (Å²) in [6.45, 7) is 7.98. The van der Waals surface area contributed by atoms with E-state index >= 15 is 0 Å². The summed E-state index contributed by atoms with van der Waals surface area (Å²) < 4.78 is 0. The van der Waals surface area contributed by atoms with Crippen molar-refractivity contribution in [2.75, 3.05) is 12.3 Å². The summed E-state index contributed by atoms with van der Waals surface area (Å²) in [5.74, 6) is -2.92. The molecule has 10 nitrogen and oxygen atoms in total. The highest BCUT2D eigenvalue weighted by Crippen LogP contribution is 2.11. The number of carbonyl (C=O) groups excluding carboxylic acids is 3. The molecule has 5 unspecified atom stereocenters. The van der Waals surface area contributed by atoms with Crippen molar-refractivity contribution in [2.24, 2.45) is 23.3 Å². The van der Waals surface area contributed by atoms with Gasteiger partial charge in [-0.3, -0.25) is 14.4 Å². The van der Waals surface area contributed by atoms with Gasteiger partial charge in [0.05, 0.1) is 6.04 Å². The molecule has 5 atom stereocenters. The van der Waals surface area contributed by atoms with Crippen LogP contribution in [0.1, 0.15) is 59.8 Å². The number of carboxylic acids is 1. The van der Waals surface area contributed by atoms with Gasteiger partial charge in [-0.15, -0.1) is 0 Å². The number of amides is 3. The first-order valence-electron chi connectivity index (χ1n) is 11.2. The first-order chi connectivity index (χ1) is 15.0. The van der Waals surface area contributed by atoms with E-state index in [-0.39, 0.29) is 17.6 Å². The predicted molar refractivity (Wildman–Crippen MR) is 127 cm³/mol. The van der Waals surface area contributed by atoms with E-state index in [1.54, 1.807) is 6.92 Å². The number of nitrogens with two attached hydrogens (primary N) is 2. The summed E-state index contributed by atoms with van der Waals surface area (Å²) in [6, 6.07) is -3.78. The first-order valence-corrected chi connectivity index (χ1v) is 11.8. The number of rotatable bonds is 16. The third kappa shape index (κ3) is 11.1. The van der Waals surface area contributed by atoms with Gasteiger partial charge in [-0.25, -0.2) is 4.79 Å². The van der Waals surface area contributed by atoms with Crippen LogP contribution in [0, 0.1) is 11.8 Å². The second-order valence-corrected chi connectivity index (χ2v) is 8.90. The van der Waals surface area contributed by atoms with Gasteiger partial charge in [-0.1, -0.05) is 34.1 Å². The van der Waals surface area contributed by atoms with E-state index in [9.17, 15) is 24.3 Å². The molecule has 0 aliphatic rings. The fourth-order valence-electron chi connectivity index (χ4n) is 3.06. The third-order valence-electron chi connectivity index (χ3n) is 5.23. The summed E-state index contributed by atoms with van der Waals surface area (Å²) in [4.78, 5) is 49.5. The normalized spacial score (nSPS) is 15.9. The Morgan fingerprint density at radius 3 is 2.00 bits per heavy atom. The zero-order valence-corrected chi connectivity index (χ0v) is 20.5. The van der Waals surface area contributed by atoms with Crippen LogP contribution in [-0.4, -0.2) is 65.3 Å². The Labute approximate surface area is 196 Å². The summed E-state index contributed by atoms with van der Waals surface area (Å²) >= 11 is 3.95. The topological polar surface area (TPSA) is 177 Å². The molecular weight excluding hydrogens is 434 g/mol. The highest BCUT2D eigenvalue weighted by atomic mass is 32.1. The molecule has 0 spiro atoms. The minimum Gasteiger partial charge on any atom is -0.480 e. The maximum absolute atomic E-state index is 13.0. The van der Waals surface area contributed by atoms with Gasteiger partial charge in [0.2, 0.25) is 17.7 Å². The van der Waals surface area contributed by atoms with E-state index in [1.807, 2.05) is 20.8 Å². The average molecular weight is 476 g/mol. The minimum atomic E-state index is -1.21. The largest absolute Gasteiger partial charge is 0.480 e. The molecule has 186 valence electrons. The molecule has 0 aliphatic carbocycles. The lowest BCUT2D eigenvalue weighted by atomic mass is 9.97. The second-order valence-electron chi connectivity index (χ2n) is 8.54. The molecule has 0 saturated heterocycles. The van der Waals surface area contributed by atoms with Crippen LogP contribution in [0.25, 0.3) is 0 Å². The van der Waals surface area contributed by atoms with Crippen LogP contribution in [0.4, 0.5) is 0 Å². The SMILES string of the molecule is CCC(C)C(NC(=O)C(CCCCN)NC(=O)C(N)CC(C)C)C(=O)NC(CS)C(=O)O. The van der Waals surface area contributed by atoms with Gasteiger partial charge in [0.15, 0.2) is 0 Å². The molecule has 0 saturated carbocycles. The smallest absolute Gasteiger partial charge is 0.327 e. The van der Waals surface area contributed by atoms with Crippen molar-refractivity contribution >= 4 is 36.3 Å². The number of nitrogens with one attached hydrogen (secondary N) is 3. The van der Waals surface area contributed by atoms with Crippen molar-refractivity contribution in [3.63, 3.8) is 0 Å². The van der Waals surface area contributed by atoms with Gasteiger partial charge < -0.3 is 32.5 Å². The highest BCUT2D eigenvalue weighted by Gasteiger charge is 2.32. The third-order valence-corrected chi connectivity index (χ3v) is 5.60. The quantitative estimate of drug-likeness (QED) is 0.121. The molecule has 3 amide bonds. The number of aliphatic carboxylic acids is 1. The molecule has 32 heavy (non-hydrogen) atoms. The van der Waals surface area contributed by atoms with E-state index < -0.39 is 47.9 Å². The Hall–Kier alpha value is -1.85. The fourth-order valence-corrected chi connectivity index (χ4v) is 3.31. The Bertz CT molecular complexity index is 619. The average Bonchev–Trinajstić information content (AvgIpc) is 2.73. The zero-order valence-electron chi connectivity index (χ0n) is 19.6. The molecule has 11 heteroatoms. The lowest BCUT2D eigenvalue weighted by molar-refractivity contribution is -0.142. The van der Waals surface area contributed by atoms with Crippen LogP contribution in [0.5, 0.6) is 0 Å². The lowest BCUT2D eigenvalue weighted by Crippen LogP contribution is -2.58. The van der Waals surface area contributed by atoms with Crippen molar-refractivity contribution in [3.05, 3.63) is 0 Å². The van der Waals surface area contributed by atoms with Crippen LogP contribution in [0.15, 0.2) is 0 Å². The van der Waals surface area contributed by atoms with Crippen LogP contribution in [0.3, 0.4) is 0 Å². The van der Waals surface area contributed by atoms with E-state index in [2.05, 4.69) is 28.6 Å². The molecule has 0 rings (SSSR count). The van der Waals surface area contributed by atoms with Crippen molar-refractivity contribution in [1.82, 2.24) is 16.0 Å². The fraction of sp³-hybridized carbons (Fsp3) is 0.810. The Kier molecular flexibility index (Phi) is 15.0. The number of unbranched alkanes of at least 4 members (excludes halogenated alkanes) is 1. The number of thiol groups is 1. The molecule has 0 aromatic heterocycles. The number of hydrogen-bond acceptors (Lipinski definition) is 7. The first kappa shape index (κ1) is 30.1. The van der Waals surface area contributed by atoms with Gasteiger partial charge in [-0.2, -0.15) is 12.6 Å². The van der Waals surface area contributed by atoms with Crippen LogP contribution in [-0.2, 0) is 19.2 Å². The molecule has 0 radical (unpaired) electrons. The predicted octanol–water partition coefficient (Wildman–Crippen LogP) is 0.00370. The summed E-state index contributed by atoms with van der Waals surface area (Å²) in [6.07, 6.45) is 2.67. The van der Waals surface area contributed by atoms with E-state index in [0.717, 1.165) is 0 Å².